The van der Waals surface area contributed by atoms with Gasteiger partial charge in [0.25, 0.3) is 0 Å². The van der Waals surface area contributed by atoms with Crippen LogP contribution in [0.15, 0.2) is 4.99 Å². The van der Waals surface area contributed by atoms with Gasteiger partial charge in [-0.25, -0.2) is 9.98 Å². The van der Waals surface area contributed by atoms with Gasteiger partial charge in [-0.1, -0.05) is 0 Å². The Kier molecular flexibility index (Phi) is 6.64. The maximum absolute atomic E-state index is 4.71. The van der Waals surface area contributed by atoms with Crippen molar-refractivity contribution in [2.24, 2.45) is 10.9 Å². The summed E-state index contributed by atoms with van der Waals surface area (Å²) in [7, 11) is 2.20. The van der Waals surface area contributed by atoms with Gasteiger partial charge in [0.15, 0.2) is 5.96 Å². The number of likely N-dealkylation sites (tertiary alicyclic amines) is 1. The summed E-state index contributed by atoms with van der Waals surface area (Å²) < 4.78 is 0. The highest BCUT2D eigenvalue weighted by Crippen LogP contribution is 2.18. The normalized spacial score (nSPS) is 17.7. The molecule has 6 heteroatoms. The molecule has 0 unspecified atom stereocenters. The Morgan fingerprint density at radius 3 is 2.64 bits per heavy atom. The van der Waals surface area contributed by atoms with Crippen molar-refractivity contribution in [3.05, 3.63) is 15.6 Å². The molecule has 2 rings (SSSR count). The fourth-order valence-corrected chi connectivity index (χ4v) is 3.58. The second-order valence-electron chi connectivity index (χ2n) is 6.06. The van der Waals surface area contributed by atoms with Crippen LogP contribution < -0.4 is 10.6 Å². The zero-order valence-corrected chi connectivity index (χ0v) is 15.1. The molecule has 1 aromatic heterocycles. The molecule has 0 spiro atoms. The fourth-order valence-electron chi connectivity index (χ4n) is 2.72. The molecule has 1 aliphatic rings. The first kappa shape index (κ1) is 17.2. The fraction of sp³-hybridized carbons (Fsp3) is 0.750. The second kappa shape index (κ2) is 8.48. The van der Waals surface area contributed by atoms with Gasteiger partial charge in [-0.3, -0.25) is 0 Å². The number of thiazole rings is 1. The van der Waals surface area contributed by atoms with Crippen molar-refractivity contribution in [2.75, 3.05) is 33.2 Å². The third-order valence-electron chi connectivity index (χ3n) is 4.12. The Hall–Kier alpha value is -1.14. The van der Waals surface area contributed by atoms with Gasteiger partial charge < -0.3 is 15.5 Å². The van der Waals surface area contributed by atoms with Crippen LogP contribution in [0, 0.1) is 19.8 Å². The van der Waals surface area contributed by atoms with Gasteiger partial charge in [-0.15, -0.1) is 11.3 Å². The maximum Gasteiger partial charge on any atom is 0.191 e. The number of nitrogens with zero attached hydrogens (tertiary/aromatic N) is 3. The highest BCUT2D eigenvalue weighted by atomic mass is 32.1. The van der Waals surface area contributed by atoms with E-state index in [1.807, 2.05) is 0 Å². The summed E-state index contributed by atoms with van der Waals surface area (Å²) in [5.41, 5.74) is 1.11. The van der Waals surface area contributed by atoms with Gasteiger partial charge in [-0.05, 0) is 59.7 Å². The molecule has 2 N–H and O–H groups in total. The molecule has 124 valence electrons. The van der Waals surface area contributed by atoms with Gasteiger partial charge in [-0.2, -0.15) is 0 Å². The van der Waals surface area contributed by atoms with E-state index in [2.05, 4.69) is 48.3 Å². The maximum atomic E-state index is 4.71. The van der Waals surface area contributed by atoms with Gasteiger partial charge in [0.1, 0.15) is 0 Å². The first-order valence-electron chi connectivity index (χ1n) is 8.22. The molecular formula is C16H29N5S. The van der Waals surface area contributed by atoms with E-state index in [9.17, 15) is 0 Å². The lowest BCUT2D eigenvalue weighted by atomic mass is 9.97. The summed E-state index contributed by atoms with van der Waals surface area (Å²) in [6.45, 7) is 11.2. The largest absolute Gasteiger partial charge is 0.357 e. The number of guanidine groups is 1. The van der Waals surface area contributed by atoms with Crippen LogP contribution in [0.5, 0.6) is 0 Å². The van der Waals surface area contributed by atoms with Crippen molar-refractivity contribution in [3.8, 4) is 0 Å². The monoisotopic (exact) mass is 323 g/mol. The van der Waals surface area contributed by atoms with E-state index < -0.39 is 0 Å². The van der Waals surface area contributed by atoms with Gasteiger partial charge in [0, 0.05) is 18.0 Å². The lowest BCUT2D eigenvalue weighted by molar-refractivity contribution is 0.220. The molecule has 1 saturated heterocycles. The third kappa shape index (κ3) is 5.25. The van der Waals surface area contributed by atoms with Crippen LogP contribution in [0.1, 0.15) is 35.3 Å². The molecule has 2 heterocycles. The van der Waals surface area contributed by atoms with Crippen molar-refractivity contribution in [3.63, 3.8) is 0 Å². The number of piperidine rings is 1. The molecule has 0 amide bonds. The van der Waals surface area contributed by atoms with E-state index in [-0.39, 0.29) is 0 Å². The molecule has 1 fully saturated rings. The summed E-state index contributed by atoms with van der Waals surface area (Å²) >= 11 is 1.74. The SMILES string of the molecule is CCNC(=NCc1sc(C)nc1C)NCC1CCN(C)CC1. The van der Waals surface area contributed by atoms with E-state index in [1.54, 1.807) is 11.3 Å². The molecule has 1 aromatic rings. The zero-order chi connectivity index (χ0) is 15.9. The first-order valence-corrected chi connectivity index (χ1v) is 9.03. The third-order valence-corrected chi connectivity index (χ3v) is 5.18. The van der Waals surface area contributed by atoms with Crippen LogP contribution in [0.25, 0.3) is 0 Å². The molecule has 0 saturated carbocycles. The Morgan fingerprint density at radius 1 is 1.32 bits per heavy atom. The topological polar surface area (TPSA) is 52.6 Å². The van der Waals surface area contributed by atoms with Crippen LogP contribution in [0.2, 0.25) is 0 Å². The Balaban J connectivity index is 1.86. The predicted octanol–water partition coefficient (Wildman–Crippen LogP) is 2.16. The van der Waals surface area contributed by atoms with Crippen LogP contribution in [-0.2, 0) is 6.54 Å². The minimum absolute atomic E-state index is 0.708. The molecule has 0 radical (unpaired) electrons. The standard InChI is InChI=1S/C16H29N5S/c1-5-17-16(18-10-14-6-8-21(4)9-7-14)19-11-15-12(2)20-13(3)22-15/h14H,5-11H2,1-4H3,(H2,17,18,19). The molecule has 0 atom stereocenters. The summed E-state index contributed by atoms with van der Waals surface area (Å²) in [5, 5.41) is 7.96. The number of nitrogens with one attached hydrogen (secondary N) is 2. The van der Waals surface area contributed by atoms with E-state index >= 15 is 0 Å². The number of aryl methyl sites for hydroxylation is 2. The highest BCUT2D eigenvalue weighted by Gasteiger charge is 2.16. The molecule has 5 nitrogen and oxygen atoms in total. The van der Waals surface area contributed by atoms with Crippen LogP contribution >= 0.6 is 11.3 Å². The average Bonchev–Trinajstić information content (AvgIpc) is 2.81. The first-order chi connectivity index (χ1) is 10.6. The summed E-state index contributed by atoms with van der Waals surface area (Å²) in [6.07, 6.45) is 2.55. The van der Waals surface area contributed by atoms with Crippen molar-refractivity contribution in [1.29, 1.82) is 0 Å². The lowest BCUT2D eigenvalue weighted by Crippen LogP contribution is -2.42. The van der Waals surface area contributed by atoms with Gasteiger partial charge in [0.2, 0.25) is 0 Å². The summed E-state index contributed by atoms with van der Waals surface area (Å²) in [5.74, 6) is 1.68. The summed E-state index contributed by atoms with van der Waals surface area (Å²) in [6, 6.07) is 0. The van der Waals surface area contributed by atoms with Crippen molar-refractivity contribution in [2.45, 2.75) is 40.2 Å². The predicted molar refractivity (Wildman–Crippen MR) is 94.6 cm³/mol. The number of aliphatic imine (C=N–C) groups is 1. The number of aromatic nitrogens is 1. The molecule has 0 aliphatic carbocycles. The van der Waals surface area contributed by atoms with Crippen molar-refractivity contribution < 1.29 is 0 Å². The Labute approximate surface area is 138 Å². The van der Waals surface area contributed by atoms with Crippen LogP contribution in [0.4, 0.5) is 0 Å². The quantitative estimate of drug-likeness (QED) is 0.644. The highest BCUT2D eigenvalue weighted by molar-refractivity contribution is 7.11. The molecule has 0 bridgehead atoms. The van der Waals surface area contributed by atoms with E-state index in [1.165, 1.54) is 30.8 Å². The van der Waals surface area contributed by atoms with Crippen LogP contribution in [-0.4, -0.2) is 49.1 Å². The number of rotatable bonds is 5. The molecular weight excluding hydrogens is 294 g/mol. The smallest absolute Gasteiger partial charge is 0.191 e. The molecule has 22 heavy (non-hydrogen) atoms. The number of hydrogen-bond donors (Lipinski definition) is 2. The zero-order valence-electron chi connectivity index (χ0n) is 14.3. The minimum atomic E-state index is 0.708. The van der Waals surface area contributed by atoms with Gasteiger partial charge >= 0.3 is 0 Å². The average molecular weight is 324 g/mol. The molecule has 0 aromatic carbocycles. The summed E-state index contributed by atoms with van der Waals surface area (Å²) in [4.78, 5) is 12.8. The van der Waals surface area contributed by atoms with Crippen molar-refractivity contribution in [1.82, 2.24) is 20.5 Å². The minimum Gasteiger partial charge on any atom is -0.357 e. The second-order valence-corrected chi connectivity index (χ2v) is 7.35. The van der Waals surface area contributed by atoms with Gasteiger partial charge in [0.05, 0.1) is 17.2 Å². The van der Waals surface area contributed by atoms with E-state index in [4.69, 9.17) is 4.99 Å². The van der Waals surface area contributed by atoms with E-state index in [0.29, 0.717) is 6.54 Å². The molecule has 1 aliphatic heterocycles. The number of hydrogen-bond acceptors (Lipinski definition) is 4. The Morgan fingerprint density at radius 2 is 2.05 bits per heavy atom. The van der Waals surface area contributed by atoms with Crippen molar-refractivity contribution >= 4 is 17.3 Å². The Bertz CT molecular complexity index is 489. The van der Waals surface area contributed by atoms with E-state index in [0.717, 1.165) is 35.7 Å². The lowest BCUT2D eigenvalue weighted by Gasteiger charge is -2.29. The van der Waals surface area contributed by atoms with Crippen LogP contribution in [0.3, 0.4) is 0 Å².